The fourth-order valence-corrected chi connectivity index (χ4v) is 4.74. The summed E-state index contributed by atoms with van der Waals surface area (Å²) in [6.07, 6.45) is 5.09. The molecule has 0 amide bonds. The van der Waals surface area contributed by atoms with Crippen molar-refractivity contribution in [2.75, 3.05) is 19.9 Å². The van der Waals surface area contributed by atoms with Gasteiger partial charge >= 0.3 is 0 Å². The number of halogens is 3. The third kappa shape index (κ3) is 5.63. The first kappa shape index (κ1) is 25.8. The van der Waals surface area contributed by atoms with Gasteiger partial charge < -0.3 is 14.4 Å². The number of hydrogen-bond donors (Lipinski definition) is 1. The molecule has 1 N–H and O–H groups in total. The van der Waals surface area contributed by atoms with E-state index in [9.17, 15) is 8.42 Å². The van der Waals surface area contributed by atoms with Crippen molar-refractivity contribution in [3.05, 3.63) is 34.6 Å². The van der Waals surface area contributed by atoms with E-state index in [1.54, 1.807) is 23.9 Å². The molecule has 9 nitrogen and oxygen atoms in total. The van der Waals surface area contributed by atoms with Crippen molar-refractivity contribution in [3.63, 3.8) is 0 Å². The van der Waals surface area contributed by atoms with Crippen LogP contribution in [0.15, 0.2) is 29.5 Å². The van der Waals surface area contributed by atoms with Crippen LogP contribution in [0.4, 0.5) is 0 Å². The number of alkyl halides is 1. The van der Waals surface area contributed by atoms with Crippen LogP contribution in [-0.2, 0) is 14.6 Å². The summed E-state index contributed by atoms with van der Waals surface area (Å²) < 4.78 is 37.5. The zero-order valence-electron chi connectivity index (χ0n) is 18.3. The molecule has 0 bridgehead atoms. The van der Waals surface area contributed by atoms with Crippen LogP contribution in [0.1, 0.15) is 32.4 Å². The molecule has 2 aromatic rings. The molecular weight excluding hydrogens is 513 g/mol. The van der Waals surface area contributed by atoms with Gasteiger partial charge in [-0.1, -0.05) is 41.4 Å². The Balaban J connectivity index is 1.97. The monoisotopic (exact) mass is 535 g/mol. The SMILES string of the molecule is C=C(N=C(N(C)C(C)Cl)S(C)(=O)=O)C(=N)Oc1c(Cl)c(Cl)cc2c1cnn2C1CCCCO1. The van der Waals surface area contributed by atoms with E-state index >= 15 is 0 Å². The second-order valence-electron chi connectivity index (χ2n) is 7.57. The molecule has 1 aliphatic rings. The molecule has 1 aromatic heterocycles. The molecule has 0 spiro atoms. The van der Waals surface area contributed by atoms with Crippen LogP contribution in [-0.4, -0.2) is 59.6 Å². The largest absolute Gasteiger partial charge is 0.435 e. The van der Waals surface area contributed by atoms with E-state index in [1.807, 2.05) is 0 Å². The molecule has 2 atom stereocenters. The van der Waals surface area contributed by atoms with Crippen LogP contribution < -0.4 is 4.74 Å². The fourth-order valence-electron chi connectivity index (χ4n) is 3.25. The first-order valence-corrected chi connectivity index (χ1v) is 13.1. The standard InChI is InChI=1S/C20H24Cl3N5O4S/c1-11(26-20(33(4,29)30)27(3)12(2)21)19(24)32-18-13-10-25-28(16-7-5-6-8-31-16)15(13)9-14(22)17(18)23/h9-10,12,16,24H,1,5-8H2,2-4H3. The zero-order valence-corrected chi connectivity index (χ0v) is 21.4. The Morgan fingerprint density at radius 2 is 2.15 bits per heavy atom. The maximum atomic E-state index is 12.2. The summed E-state index contributed by atoms with van der Waals surface area (Å²) in [5, 5.41) is 13.1. The smallest absolute Gasteiger partial charge is 0.237 e. The molecule has 0 saturated carbocycles. The lowest BCUT2D eigenvalue weighted by Gasteiger charge is -2.23. The molecule has 13 heteroatoms. The summed E-state index contributed by atoms with van der Waals surface area (Å²) in [5.74, 6) is -0.429. The number of rotatable bonds is 5. The number of sulfone groups is 1. The number of nitrogens with one attached hydrogen (secondary N) is 1. The van der Waals surface area contributed by atoms with Crippen molar-refractivity contribution in [2.45, 2.75) is 37.9 Å². The molecule has 3 rings (SSSR count). The van der Waals surface area contributed by atoms with Gasteiger partial charge in [-0.15, -0.1) is 0 Å². The van der Waals surface area contributed by atoms with Crippen molar-refractivity contribution >= 4 is 66.6 Å². The minimum atomic E-state index is -3.77. The van der Waals surface area contributed by atoms with E-state index < -0.39 is 21.2 Å². The number of hydrogen-bond acceptors (Lipinski definition) is 7. The summed E-state index contributed by atoms with van der Waals surface area (Å²) in [7, 11) is -2.30. The normalized spacial score (nSPS) is 18.2. The summed E-state index contributed by atoms with van der Waals surface area (Å²) in [6, 6.07) is 1.66. The predicted molar refractivity (Wildman–Crippen MR) is 131 cm³/mol. The van der Waals surface area contributed by atoms with Gasteiger partial charge in [-0.2, -0.15) is 5.10 Å². The molecule has 2 heterocycles. The van der Waals surface area contributed by atoms with E-state index in [1.165, 1.54) is 11.9 Å². The van der Waals surface area contributed by atoms with Gasteiger partial charge in [-0.25, -0.2) is 18.1 Å². The highest BCUT2D eigenvalue weighted by atomic mass is 35.5. The Morgan fingerprint density at radius 3 is 2.73 bits per heavy atom. The van der Waals surface area contributed by atoms with E-state index in [-0.39, 0.29) is 32.9 Å². The lowest BCUT2D eigenvalue weighted by atomic mass is 10.2. The van der Waals surface area contributed by atoms with Gasteiger partial charge in [0.2, 0.25) is 20.9 Å². The van der Waals surface area contributed by atoms with Crippen molar-refractivity contribution in [1.82, 2.24) is 14.7 Å². The average molecular weight is 537 g/mol. The van der Waals surface area contributed by atoms with Crippen molar-refractivity contribution < 1.29 is 17.9 Å². The van der Waals surface area contributed by atoms with Crippen LogP contribution in [0.5, 0.6) is 5.75 Å². The maximum absolute atomic E-state index is 12.2. The van der Waals surface area contributed by atoms with Crippen molar-refractivity contribution in [3.8, 4) is 5.75 Å². The summed E-state index contributed by atoms with van der Waals surface area (Å²) in [5.41, 5.74) is -0.288. The quantitative estimate of drug-likeness (QED) is 0.254. The number of amidine groups is 1. The van der Waals surface area contributed by atoms with Gasteiger partial charge in [0.15, 0.2) is 12.0 Å². The fraction of sp³-hybridized carbons (Fsp3) is 0.450. The molecule has 1 fully saturated rings. The number of fused-ring (bicyclic) bond motifs is 1. The molecule has 1 aliphatic heterocycles. The Bertz CT molecular complexity index is 1220. The van der Waals surface area contributed by atoms with E-state index in [0.717, 1.165) is 25.5 Å². The number of ether oxygens (including phenoxy) is 2. The molecule has 33 heavy (non-hydrogen) atoms. The van der Waals surface area contributed by atoms with Gasteiger partial charge in [-0.3, -0.25) is 5.41 Å². The van der Waals surface area contributed by atoms with E-state index in [2.05, 4.69) is 16.7 Å². The number of benzene rings is 1. The molecule has 1 saturated heterocycles. The Labute approximate surface area is 207 Å². The Hall–Kier alpha value is -1.85. The molecule has 1 aromatic carbocycles. The summed E-state index contributed by atoms with van der Waals surface area (Å²) >= 11 is 18.7. The van der Waals surface area contributed by atoms with Gasteiger partial charge in [0.25, 0.3) is 0 Å². The maximum Gasteiger partial charge on any atom is 0.237 e. The molecular formula is C20H24Cl3N5O4S. The Morgan fingerprint density at radius 1 is 1.45 bits per heavy atom. The molecule has 180 valence electrons. The molecule has 0 aliphatic carbocycles. The van der Waals surface area contributed by atoms with Crippen LogP contribution in [0.2, 0.25) is 10.0 Å². The van der Waals surface area contributed by atoms with Crippen LogP contribution in [0, 0.1) is 5.41 Å². The average Bonchev–Trinajstić information content (AvgIpc) is 3.17. The lowest BCUT2D eigenvalue weighted by Crippen LogP contribution is -2.37. The highest BCUT2D eigenvalue weighted by Gasteiger charge is 2.25. The number of nitrogens with zero attached hydrogens (tertiary/aromatic N) is 4. The Kier molecular flexibility index (Phi) is 7.95. The first-order valence-electron chi connectivity index (χ1n) is 10.00. The van der Waals surface area contributed by atoms with E-state index in [0.29, 0.717) is 17.5 Å². The van der Waals surface area contributed by atoms with Crippen molar-refractivity contribution in [1.29, 1.82) is 5.41 Å². The predicted octanol–water partition coefficient (Wildman–Crippen LogP) is 4.83. The lowest BCUT2D eigenvalue weighted by molar-refractivity contribution is -0.0366. The van der Waals surface area contributed by atoms with Gasteiger partial charge in [-0.05, 0) is 32.3 Å². The molecule has 0 radical (unpaired) electrons. The van der Waals surface area contributed by atoms with Gasteiger partial charge in [0, 0.05) is 19.9 Å². The zero-order chi connectivity index (χ0) is 24.5. The van der Waals surface area contributed by atoms with Crippen LogP contribution >= 0.6 is 34.8 Å². The van der Waals surface area contributed by atoms with Gasteiger partial charge in [0.1, 0.15) is 16.2 Å². The highest BCUT2D eigenvalue weighted by Crippen LogP contribution is 2.41. The van der Waals surface area contributed by atoms with Crippen molar-refractivity contribution in [2.24, 2.45) is 4.99 Å². The summed E-state index contributed by atoms with van der Waals surface area (Å²) in [4.78, 5) is 5.23. The second kappa shape index (κ2) is 10.2. The number of aliphatic imine (C=N–C) groups is 1. The second-order valence-corrected chi connectivity index (χ2v) is 10.9. The number of aromatic nitrogens is 2. The van der Waals surface area contributed by atoms with E-state index in [4.69, 9.17) is 49.7 Å². The minimum absolute atomic E-state index is 0.0737. The first-order chi connectivity index (χ1) is 15.4. The topological polar surface area (TPSA) is 110 Å². The van der Waals surface area contributed by atoms with Crippen LogP contribution in [0.3, 0.4) is 0 Å². The third-order valence-corrected chi connectivity index (χ3v) is 7.15. The minimum Gasteiger partial charge on any atom is -0.435 e. The highest BCUT2D eigenvalue weighted by molar-refractivity contribution is 8.05. The van der Waals surface area contributed by atoms with Gasteiger partial charge in [0.05, 0.1) is 22.1 Å². The molecule has 2 unspecified atom stereocenters. The van der Waals surface area contributed by atoms with Crippen LogP contribution in [0.25, 0.3) is 10.9 Å². The summed E-state index contributed by atoms with van der Waals surface area (Å²) in [6.45, 7) is 5.89. The third-order valence-electron chi connectivity index (χ3n) is 5.04.